The molecule has 1 atom stereocenters. The van der Waals surface area contributed by atoms with Gasteiger partial charge in [0.1, 0.15) is 5.82 Å². The largest absolute Gasteiger partial charge is 0.433 e. The third-order valence-corrected chi connectivity index (χ3v) is 3.90. The van der Waals surface area contributed by atoms with E-state index in [1.807, 2.05) is 0 Å². The lowest BCUT2D eigenvalue weighted by atomic mass is 10.2. The van der Waals surface area contributed by atoms with Gasteiger partial charge in [0.25, 0.3) is 0 Å². The first-order valence-electron chi connectivity index (χ1n) is 7.37. The number of alkyl halides is 6. The van der Waals surface area contributed by atoms with E-state index in [-0.39, 0.29) is 22.6 Å². The van der Waals surface area contributed by atoms with Gasteiger partial charge in [0, 0.05) is 22.3 Å². The summed E-state index contributed by atoms with van der Waals surface area (Å²) in [6.07, 6.45) is -9.45. The topological polar surface area (TPSA) is 70.1 Å². The lowest BCUT2D eigenvalue weighted by Gasteiger charge is -2.16. The summed E-state index contributed by atoms with van der Waals surface area (Å²) in [5.74, 6) is -0.789. The number of benzene rings is 1. The van der Waals surface area contributed by atoms with Gasteiger partial charge >= 0.3 is 12.4 Å². The van der Waals surface area contributed by atoms with Gasteiger partial charge in [0.05, 0.1) is 12.2 Å². The zero-order valence-electron chi connectivity index (χ0n) is 13.6. The molecule has 2 aromatic rings. The average molecular weight is 459 g/mol. The van der Waals surface area contributed by atoms with Gasteiger partial charge in [-0.1, -0.05) is 15.9 Å². The maximum Gasteiger partial charge on any atom is 0.433 e. The minimum atomic E-state index is -4.80. The van der Waals surface area contributed by atoms with Crippen molar-refractivity contribution in [3.05, 3.63) is 40.0 Å². The van der Waals surface area contributed by atoms with E-state index in [1.165, 1.54) is 13.0 Å². The van der Waals surface area contributed by atoms with Gasteiger partial charge in [-0.15, -0.1) is 0 Å². The maximum absolute atomic E-state index is 13.0. The van der Waals surface area contributed by atoms with Crippen molar-refractivity contribution in [2.45, 2.75) is 25.3 Å². The molecular weight excluding hydrogens is 446 g/mol. The fraction of sp³-hybridized carbons (Fsp3) is 0.333. The van der Waals surface area contributed by atoms with E-state index in [4.69, 9.17) is 5.11 Å². The molecule has 0 unspecified atom stereocenters. The standard InChI is InChI=1S/C15H13BrF6N4O/c1-7(6-27)23-13-25-11(15(20,21)22)5-12(26-13)24-8-2-3-10(16)9(4-8)14(17,18)19/h2-5,7,27H,6H2,1H3,(H2,23,24,25,26)/t7-/m1/s1. The lowest BCUT2D eigenvalue weighted by Crippen LogP contribution is -2.22. The van der Waals surface area contributed by atoms with Crippen LogP contribution in [0.25, 0.3) is 0 Å². The van der Waals surface area contributed by atoms with Crippen molar-refractivity contribution in [3.8, 4) is 0 Å². The van der Waals surface area contributed by atoms with Crippen molar-refractivity contribution in [2.24, 2.45) is 0 Å². The molecule has 0 saturated heterocycles. The zero-order chi connectivity index (χ0) is 20.4. The minimum absolute atomic E-state index is 0.112. The van der Waals surface area contributed by atoms with Crippen LogP contribution in [0.3, 0.4) is 0 Å². The van der Waals surface area contributed by atoms with Crippen LogP contribution in [-0.2, 0) is 12.4 Å². The maximum atomic E-state index is 13.0. The Morgan fingerprint density at radius 3 is 2.30 bits per heavy atom. The van der Waals surface area contributed by atoms with Crippen LogP contribution in [0.2, 0.25) is 0 Å². The van der Waals surface area contributed by atoms with Gasteiger partial charge in [0.2, 0.25) is 5.95 Å². The van der Waals surface area contributed by atoms with Crippen molar-refractivity contribution < 1.29 is 31.4 Å². The highest BCUT2D eigenvalue weighted by Gasteiger charge is 2.35. The van der Waals surface area contributed by atoms with E-state index in [9.17, 15) is 26.3 Å². The first kappa shape index (κ1) is 21.2. The van der Waals surface area contributed by atoms with Crippen LogP contribution in [0.15, 0.2) is 28.7 Å². The number of aliphatic hydroxyl groups is 1. The normalized spacial score (nSPS) is 13.4. The van der Waals surface area contributed by atoms with Crippen LogP contribution in [0.5, 0.6) is 0 Å². The van der Waals surface area contributed by atoms with Crippen molar-refractivity contribution in [1.29, 1.82) is 0 Å². The van der Waals surface area contributed by atoms with Crippen LogP contribution in [0.1, 0.15) is 18.2 Å². The van der Waals surface area contributed by atoms with E-state index in [2.05, 4.69) is 36.5 Å². The Kier molecular flexibility index (Phi) is 6.20. The molecule has 148 valence electrons. The zero-order valence-corrected chi connectivity index (χ0v) is 15.2. The molecule has 0 saturated carbocycles. The second-order valence-corrected chi connectivity index (χ2v) is 6.36. The number of hydrogen-bond donors (Lipinski definition) is 3. The van der Waals surface area contributed by atoms with Gasteiger partial charge < -0.3 is 15.7 Å². The highest BCUT2D eigenvalue weighted by atomic mass is 79.9. The Balaban J connectivity index is 2.42. The molecule has 0 amide bonds. The molecule has 0 fully saturated rings. The van der Waals surface area contributed by atoms with E-state index in [0.29, 0.717) is 6.07 Å². The number of aliphatic hydroxyl groups excluding tert-OH is 1. The molecule has 27 heavy (non-hydrogen) atoms. The highest BCUT2D eigenvalue weighted by Crippen LogP contribution is 2.37. The molecule has 0 spiro atoms. The molecule has 5 nitrogen and oxygen atoms in total. The summed E-state index contributed by atoms with van der Waals surface area (Å²) >= 11 is 2.78. The number of halogens is 7. The molecule has 1 aromatic carbocycles. The van der Waals surface area contributed by atoms with E-state index >= 15 is 0 Å². The fourth-order valence-electron chi connectivity index (χ4n) is 1.96. The number of nitrogens with zero attached hydrogens (tertiary/aromatic N) is 2. The SMILES string of the molecule is C[C@H](CO)Nc1nc(Nc2ccc(Br)c(C(F)(F)F)c2)cc(C(F)(F)F)n1. The fourth-order valence-corrected chi connectivity index (χ4v) is 2.43. The second kappa shape index (κ2) is 7.89. The lowest BCUT2D eigenvalue weighted by molar-refractivity contribution is -0.141. The highest BCUT2D eigenvalue weighted by molar-refractivity contribution is 9.10. The number of anilines is 3. The van der Waals surface area contributed by atoms with Gasteiger partial charge in [-0.2, -0.15) is 31.3 Å². The number of hydrogen-bond acceptors (Lipinski definition) is 5. The van der Waals surface area contributed by atoms with Gasteiger partial charge in [-0.25, -0.2) is 4.98 Å². The molecular formula is C15H13BrF6N4O. The quantitative estimate of drug-likeness (QED) is 0.560. The predicted molar refractivity (Wildman–Crippen MR) is 89.6 cm³/mol. The summed E-state index contributed by atoms with van der Waals surface area (Å²) in [5, 5.41) is 13.9. The van der Waals surface area contributed by atoms with Crippen LogP contribution >= 0.6 is 15.9 Å². The Bertz CT molecular complexity index is 812. The second-order valence-electron chi connectivity index (χ2n) is 5.51. The van der Waals surface area contributed by atoms with Crippen LogP contribution in [0.4, 0.5) is 43.8 Å². The molecule has 12 heteroatoms. The number of nitrogens with one attached hydrogen (secondary N) is 2. The predicted octanol–water partition coefficient (Wildman–Crippen LogP) is 4.81. The van der Waals surface area contributed by atoms with Gasteiger partial charge in [-0.05, 0) is 25.1 Å². The summed E-state index contributed by atoms with van der Waals surface area (Å²) < 4.78 is 77.8. The molecule has 0 aliphatic carbocycles. The van der Waals surface area contributed by atoms with Crippen molar-refractivity contribution in [2.75, 3.05) is 17.2 Å². The van der Waals surface area contributed by atoms with Crippen LogP contribution in [-0.4, -0.2) is 27.7 Å². The Morgan fingerprint density at radius 1 is 1.07 bits per heavy atom. The number of aromatic nitrogens is 2. The van der Waals surface area contributed by atoms with E-state index < -0.39 is 35.6 Å². The van der Waals surface area contributed by atoms with Crippen LogP contribution in [0, 0.1) is 0 Å². The van der Waals surface area contributed by atoms with Gasteiger partial charge in [0.15, 0.2) is 5.69 Å². The van der Waals surface area contributed by atoms with Crippen molar-refractivity contribution >= 4 is 33.4 Å². The number of rotatable bonds is 5. The van der Waals surface area contributed by atoms with E-state index in [1.54, 1.807) is 0 Å². The molecule has 3 N–H and O–H groups in total. The third-order valence-electron chi connectivity index (χ3n) is 3.21. The Hall–Kier alpha value is -2.08. The molecule has 1 heterocycles. The van der Waals surface area contributed by atoms with E-state index in [0.717, 1.165) is 12.1 Å². The summed E-state index contributed by atoms with van der Waals surface area (Å²) in [5.41, 5.74) is -2.40. The minimum Gasteiger partial charge on any atom is -0.394 e. The van der Waals surface area contributed by atoms with Crippen molar-refractivity contribution in [3.63, 3.8) is 0 Å². The monoisotopic (exact) mass is 458 g/mol. The average Bonchev–Trinajstić information content (AvgIpc) is 2.54. The summed E-state index contributed by atoms with van der Waals surface area (Å²) in [6, 6.07) is 3.04. The molecule has 2 rings (SSSR count). The molecule has 0 aliphatic rings. The summed E-state index contributed by atoms with van der Waals surface area (Å²) in [6.45, 7) is 1.10. The first-order chi connectivity index (χ1) is 12.4. The van der Waals surface area contributed by atoms with Crippen LogP contribution < -0.4 is 10.6 Å². The van der Waals surface area contributed by atoms with Gasteiger partial charge in [-0.3, -0.25) is 0 Å². The molecule has 0 bridgehead atoms. The smallest absolute Gasteiger partial charge is 0.394 e. The Morgan fingerprint density at radius 2 is 1.74 bits per heavy atom. The third kappa shape index (κ3) is 5.70. The van der Waals surface area contributed by atoms with Crippen molar-refractivity contribution in [1.82, 2.24) is 9.97 Å². The Labute approximate surface area is 158 Å². The molecule has 0 radical (unpaired) electrons. The summed E-state index contributed by atoms with van der Waals surface area (Å²) in [4.78, 5) is 7.13. The molecule has 1 aromatic heterocycles. The molecule has 0 aliphatic heterocycles. The summed E-state index contributed by atoms with van der Waals surface area (Å²) in [7, 11) is 0. The first-order valence-corrected chi connectivity index (χ1v) is 8.17.